The van der Waals surface area contributed by atoms with Crippen LogP contribution in [0.3, 0.4) is 0 Å². The van der Waals surface area contributed by atoms with Gasteiger partial charge in [0.2, 0.25) is 5.91 Å². The second kappa shape index (κ2) is 9.28. The Morgan fingerprint density at radius 3 is 2.81 bits per heavy atom. The minimum atomic E-state index is -0.230. The Morgan fingerprint density at radius 1 is 1.30 bits per heavy atom. The van der Waals surface area contributed by atoms with Gasteiger partial charge in [0.15, 0.2) is 5.11 Å². The first kappa shape index (κ1) is 19.0. The standard InChI is InChI=1S/C21H23N3O2S/c1-26-18-10-7-16(8-11-18)9-12-20(25)23-21(27)24-14-3-2-6-19(24)17-5-4-13-22-15-17/h4-5,7-13,15,19H,2-3,6,14H2,1H3,(H,23,25,27)/t19-/m1/s1. The number of hydrogen-bond acceptors (Lipinski definition) is 4. The number of nitrogens with one attached hydrogen (secondary N) is 1. The molecule has 6 heteroatoms. The molecule has 1 amide bonds. The van der Waals surface area contributed by atoms with Crippen molar-refractivity contribution in [3.8, 4) is 5.75 Å². The maximum atomic E-state index is 12.3. The van der Waals surface area contributed by atoms with Crippen LogP contribution in [0.5, 0.6) is 5.75 Å². The van der Waals surface area contributed by atoms with Gasteiger partial charge < -0.3 is 9.64 Å². The maximum absolute atomic E-state index is 12.3. The van der Waals surface area contributed by atoms with E-state index in [9.17, 15) is 4.79 Å². The summed E-state index contributed by atoms with van der Waals surface area (Å²) in [5.74, 6) is 0.552. The molecule has 0 saturated carbocycles. The van der Waals surface area contributed by atoms with E-state index in [2.05, 4.69) is 21.3 Å². The summed E-state index contributed by atoms with van der Waals surface area (Å²) in [5.41, 5.74) is 2.05. The number of nitrogens with zero attached hydrogens (tertiary/aromatic N) is 2. The summed E-state index contributed by atoms with van der Waals surface area (Å²) < 4.78 is 5.13. The van der Waals surface area contributed by atoms with Crippen LogP contribution in [0.25, 0.3) is 6.08 Å². The Hall–Kier alpha value is -2.73. The molecule has 1 aromatic carbocycles. The predicted octanol–water partition coefficient (Wildman–Crippen LogP) is 3.73. The Balaban J connectivity index is 1.62. The molecule has 1 N–H and O–H groups in total. The number of benzene rings is 1. The number of thiocarbonyl (C=S) groups is 1. The van der Waals surface area contributed by atoms with Gasteiger partial charge in [-0.2, -0.15) is 0 Å². The molecule has 0 bridgehead atoms. The van der Waals surface area contributed by atoms with E-state index in [4.69, 9.17) is 17.0 Å². The number of aromatic nitrogens is 1. The molecule has 0 aliphatic carbocycles. The smallest absolute Gasteiger partial charge is 0.250 e. The molecule has 2 aromatic rings. The zero-order valence-electron chi connectivity index (χ0n) is 15.3. The van der Waals surface area contributed by atoms with Crippen LogP contribution in [0.1, 0.15) is 36.4 Å². The average Bonchev–Trinajstić information content (AvgIpc) is 2.73. The summed E-state index contributed by atoms with van der Waals surface area (Å²) in [6.45, 7) is 0.834. The summed E-state index contributed by atoms with van der Waals surface area (Å²) >= 11 is 5.51. The number of piperidine rings is 1. The number of pyridine rings is 1. The molecule has 0 radical (unpaired) electrons. The van der Waals surface area contributed by atoms with E-state index >= 15 is 0 Å². The van der Waals surface area contributed by atoms with Crippen molar-refractivity contribution in [1.29, 1.82) is 0 Å². The molecule has 5 nitrogen and oxygen atoms in total. The Kier molecular flexibility index (Phi) is 6.54. The van der Waals surface area contributed by atoms with Gasteiger partial charge in [0.1, 0.15) is 5.75 Å². The number of amides is 1. The second-order valence-electron chi connectivity index (χ2n) is 6.39. The molecule has 2 heterocycles. The first-order valence-corrected chi connectivity index (χ1v) is 9.42. The quantitative estimate of drug-likeness (QED) is 0.646. The molecule has 1 aliphatic rings. The molecule has 0 spiro atoms. The fourth-order valence-corrected chi connectivity index (χ4v) is 3.52. The van der Waals surface area contributed by atoms with Gasteiger partial charge in [0.05, 0.1) is 13.2 Å². The van der Waals surface area contributed by atoms with Crippen LogP contribution in [-0.2, 0) is 4.79 Å². The van der Waals surface area contributed by atoms with Crippen LogP contribution in [0.4, 0.5) is 0 Å². The van der Waals surface area contributed by atoms with Crippen LogP contribution < -0.4 is 10.1 Å². The topological polar surface area (TPSA) is 54.5 Å². The van der Waals surface area contributed by atoms with Crippen molar-refractivity contribution >= 4 is 29.3 Å². The van der Waals surface area contributed by atoms with Gasteiger partial charge in [-0.15, -0.1) is 0 Å². The van der Waals surface area contributed by atoms with Gasteiger partial charge in [-0.25, -0.2) is 0 Å². The summed E-state index contributed by atoms with van der Waals surface area (Å²) in [6, 6.07) is 11.6. The molecule has 1 aliphatic heterocycles. The van der Waals surface area contributed by atoms with Crippen molar-refractivity contribution in [3.05, 3.63) is 66.0 Å². The largest absolute Gasteiger partial charge is 0.497 e. The predicted molar refractivity (Wildman–Crippen MR) is 110 cm³/mol. The molecular weight excluding hydrogens is 358 g/mol. The average molecular weight is 382 g/mol. The molecule has 140 valence electrons. The van der Waals surface area contributed by atoms with E-state index in [1.165, 1.54) is 6.08 Å². The van der Waals surface area contributed by atoms with Gasteiger partial charge >= 0.3 is 0 Å². The summed E-state index contributed by atoms with van der Waals surface area (Å²) in [4.78, 5) is 18.6. The third kappa shape index (κ3) is 5.14. The van der Waals surface area contributed by atoms with Crippen LogP contribution >= 0.6 is 12.2 Å². The summed E-state index contributed by atoms with van der Waals surface area (Å²) in [7, 11) is 1.62. The number of carbonyl (C=O) groups excluding carboxylic acids is 1. The van der Waals surface area contributed by atoms with Gasteiger partial charge in [-0.05, 0) is 66.9 Å². The van der Waals surface area contributed by atoms with Crippen molar-refractivity contribution in [2.45, 2.75) is 25.3 Å². The number of carbonyl (C=O) groups is 1. The van der Waals surface area contributed by atoms with E-state index < -0.39 is 0 Å². The highest BCUT2D eigenvalue weighted by Crippen LogP contribution is 2.30. The molecule has 0 unspecified atom stereocenters. The Morgan fingerprint density at radius 2 is 2.11 bits per heavy atom. The van der Waals surface area contributed by atoms with Crippen LogP contribution in [0, 0.1) is 0 Å². The number of ether oxygens (including phenoxy) is 1. The minimum Gasteiger partial charge on any atom is -0.497 e. The van der Waals surface area contributed by atoms with E-state index in [0.29, 0.717) is 5.11 Å². The second-order valence-corrected chi connectivity index (χ2v) is 6.78. The Labute approximate surface area is 165 Å². The molecule has 3 rings (SSSR count). The Bertz CT molecular complexity index is 806. The van der Waals surface area contributed by atoms with Crippen molar-refractivity contribution in [3.63, 3.8) is 0 Å². The lowest BCUT2D eigenvalue weighted by Crippen LogP contribution is -2.46. The summed E-state index contributed by atoms with van der Waals surface area (Å²) in [5, 5.41) is 3.29. The molecule has 1 saturated heterocycles. The number of rotatable bonds is 4. The van der Waals surface area contributed by atoms with Gasteiger partial charge in [0.25, 0.3) is 0 Å². The van der Waals surface area contributed by atoms with Crippen LogP contribution in [-0.4, -0.2) is 34.6 Å². The first-order chi connectivity index (χ1) is 13.2. The molecule has 1 aromatic heterocycles. The molecule has 27 heavy (non-hydrogen) atoms. The fraction of sp³-hybridized carbons (Fsp3) is 0.286. The zero-order chi connectivity index (χ0) is 19.1. The SMILES string of the molecule is COc1ccc(C=CC(=O)NC(=S)N2CCCC[C@@H]2c2cccnc2)cc1. The molecular formula is C21H23N3O2S. The monoisotopic (exact) mass is 381 g/mol. The minimum absolute atomic E-state index is 0.158. The lowest BCUT2D eigenvalue weighted by atomic mass is 9.97. The maximum Gasteiger partial charge on any atom is 0.250 e. The third-order valence-electron chi connectivity index (χ3n) is 4.61. The molecule has 1 fully saturated rings. The van der Waals surface area contributed by atoms with Crippen molar-refractivity contribution in [2.24, 2.45) is 0 Å². The third-order valence-corrected chi connectivity index (χ3v) is 4.94. The number of methoxy groups -OCH3 is 1. The van der Waals surface area contributed by atoms with Crippen LogP contribution in [0.15, 0.2) is 54.9 Å². The lowest BCUT2D eigenvalue weighted by Gasteiger charge is -2.37. The fourth-order valence-electron chi connectivity index (χ4n) is 3.20. The van der Waals surface area contributed by atoms with Crippen molar-refractivity contribution in [2.75, 3.05) is 13.7 Å². The first-order valence-electron chi connectivity index (χ1n) is 9.01. The van der Waals surface area contributed by atoms with E-state index in [-0.39, 0.29) is 11.9 Å². The highest BCUT2D eigenvalue weighted by molar-refractivity contribution is 7.80. The highest BCUT2D eigenvalue weighted by atomic mass is 32.1. The number of hydrogen-bond donors (Lipinski definition) is 1. The highest BCUT2D eigenvalue weighted by Gasteiger charge is 2.26. The summed E-state index contributed by atoms with van der Waals surface area (Å²) in [6.07, 6.45) is 10.1. The van der Waals surface area contributed by atoms with E-state index in [1.54, 1.807) is 19.4 Å². The zero-order valence-corrected chi connectivity index (χ0v) is 16.1. The van der Waals surface area contributed by atoms with E-state index in [0.717, 1.165) is 42.7 Å². The number of likely N-dealkylation sites (tertiary alicyclic amines) is 1. The normalized spacial score (nSPS) is 16.9. The van der Waals surface area contributed by atoms with Crippen molar-refractivity contribution < 1.29 is 9.53 Å². The molecule has 1 atom stereocenters. The van der Waals surface area contributed by atoms with Crippen LogP contribution in [0.2, 0.25) is 0 Å². The van der Waals surface area contributed by atoms with Gasteiger partial charge in [-0.1, -0.05) is 18.2 Å². The van der Waals surface area contributed by atoms with Gasteiger partial charge in [-0.3, -0.25) is 15.1 Å². The van der Waals surface area contributed by atoms with Crippen molar-refractivity contribution in [1.82, 2.24) is 15.2 Å². The van der Waals surface area contributed by atoms with E-state index in [1.807, 2.05) is 36.5 Å². The lowest BCUT2D eigenvalue weighted by molar-refractivity contribution is -0.115. The van der Waals surface area contributed by atoms with Gasteiger partial charge in [0, 0.05) is 25.0 Å².